The van der Waals surface area contributed by atoms with Crippen molar-refractivity contribution in [2.75, 3.05) is 7.11 Å². The monoisotopic (exact) mass is 302 g/mol. The summed E-state index contributed by atoms with van der Waals surface area (Å²) < 4.78 is 19.7. The highest BCUT2D eigenvalue weighted by Crippen LogP contribution is 2.30. The standard InChI is InChI=1S/C14H20BrFO/c1-3-4-5-6-7-8-11-9-10-12(15)14(17-2)13(11)16/h9-10H,3-8H2,1-2H3. The molecule has 0 saturated heterocycles. The minimum atomic E-state index is -0.225. The Morgan fingerprint density at radius 2 is 1.88 bits per heavy atom. The van der Waals surface area contributed by atoms with Crippen molar-refractivity contribution >= 4 is 15.9 Å². The molecule has 0 aliphatic carbocycles. The number of hydrogen-bond donors (Lipinski definition) is 0. The van der Waals surface area contributed by atoms with Crippen molar-refractivity contribution in [1.82, 2.24) is 0 Å². The summed E-state index contributed by atoms with van der Waals surface area (Å²) in [6.07, 6.45) is 6.75. The number of unbranched alkanes of at least 4 members (excludes halogenated alkanes) is 4. The number of halogens is 2. The fraction of sp³-hybridized carbons (Fsp3) is 0.571. The molecule has 0 saturated carbocycles. The molecule has 0 bridgehead atoms. The lowest BCUT2D eigenvalue weighted by molar-refractivity contribution is 0.381. The van der Waals surface area contributed by atoms with Crippen molar-refractivity contribution in [2.24, 2.45) is 0 Å². The largest absolute Gasteiger partial charge is 0.492 e. The number of aryl methyl sites for hydroxylation is 1. The number of benzene rings is 1. The number of rotatable bonds is 7. The first-order valence-electron chi connectivity index (χ1n) is 6.21. The third kappa shape index (κ3) is 4.30. The summed E-state index contributed by atoms with van der Waals surface area (Å²) in [5.41, 5.74) is 0.751. The van der Waals surface area contributed by atoms with E-state index in [-0.39, 0.29) is 5.82 Å². The molecule has 3 heteroatoms. The Labute approximate surface area is 111 Å². The summed E-state index contributed by atoms with van der Waals surface area (Å²) in [5, 5.41) is 0. The second-order valence-corrected chi connectivity index (χ2v) is 5.07. The van der Waals surface area contributed by atoms with Gasteiger partial charge in [-0.2, -0.15) is 0 Å². The molecule has 1 aromatic carbocycles. The van der Waals surface area contributed by atoms with Gasteiger partial charge in [-0.15, -0.1) is 0 Å². The Morgan fingerprint density at radius 1 is 1.18 bits per heavy atom. The molecule has 0 atom stereocenters. The van der Waals surface area contributed by atoms with Crippen LogP contribution < -0.4 is 4.74 Å². The molecule has 0 fully saturated rings. The molecule has 1 nitrogen and oxygen atoms in total. The number of ether oxygens (including phenoxy) is 1. The fourth-order valence-electron chi connectivity index (χ4n) is 1.87. The zero-order valence-corrected chi connectivity index (χ0v) is 12.1. The van der Waals surface area contributed by atoms with E-state index in [9.17, 15) is 4.39 Å². The Bertz CT molecular complexity index is 352. The van der Waals surface area contributed by atoms with Gasteiger partial charge in [-0.05, 0) is 40.4 Å². The van der Waals surface area contributed by atoms with Crippen LogP contribution in [-0.2, 0) is 6.42 Å². The van der Waals surface area contributed by atoms with Crippen LogP contribution in [0, 0.1) is 5.82 Å². The smallest absolute Gasteiger partial charge is 0.169 e. The highest BCUT2D eigenvalue weighted by atomic mass is 79.9. The molecule has 0 spiro atoms. The van der Waals surface area contributed by atoms with Crippen LogP contribution in [0.4, 0.5) is 4.39 Å². The van der Waals surface area contributed by atoms with Crippen LogP contribution in [0.25, 0.3) is 0 Å². The van der Waals surface area contributed by atoms with Crippen molar-refractivity contribution in [2.45, 2.75) is 45.4 Å². The molecule has 96 valence electrons. The van der Waals surface area contributed by atoms with Gasteiger partial charge in [0.15, 0.2) is 11.6 Å². The van der Waals surface area contributed by atoms with Gasteiger partial charge in [0.2, 0.25) is 0 Å². The Balaban J connectivity index is 2.54. The number of methoxy groups -OCH3 is 1. The van der Waals surface area contributed by atoms with E-state index >= 15 is 0 Å². The molecule has 0 amide bonds. The van der Waals surface area contributed by atoms with E-state index in [1.807, 2.05) is 12.1 Å². The van der Waals surface area contributed by atoms with Crippen molar-refractivity contribution in [1.29, 1.82) is 0 Å². The van der Waals surface area contributed by atoms with Crippen molar-refractivity contribution in [3.05, 3.63) is 28.0 Å². The van der Waals surface area contributed by atoms with Gasteiger partial charge in [0, 0.05) is 0 Å². The van der Waals surface area contributed by atoms with Crippen LogP contribution in [-0.4, -0.2) is 7.11 Å². The van der Waals surface area contributed by atoms with E-state index in [4.69, 9.17) is 4.74 Å². The van der Waals surface area contributed by atoms with Gasteiger partial charge in [0.05, 0.1) is 11.6 Å². The van der Waals surface area contributed by atoms with Gasteiger partial charge in [-0.3, -0.25) is 0 Å². The lowest BCUT2D eigenvalue weighted by Crippen LogP contribution is -1.96. The van der Waals surface area contributed by atoms with E-state index in [2.05, 4.69) is 22.9 Å². The molecule has 0 N–H and O–H groups in total. The maximum absolute atomic E-state index is 14.0. The van der Waals surface area contributed by atoms with Crippen molar-refractivity contribution in [3.8, 4) is 5.75 Å². The van der Waals surface area contributed by atoms with Crippen LogP contribution >= 0.6 is 15.9 Å². The molecule has 0 aliphatic heterocycles. The first kappa shape index (κ1) is 14.5. The minimum Gasteiger partial charge on any atom is -0.492 e. The topological polar surface area (TPSA) is 9.23 Å². The van der Waals surface area contributed by atoms with Crippen molar-refractivity contribution in [3.63, 3.8) is 0 Å². The fourth-order valence-corrected chi connectivity index (χ4v) is 2.34. The summed E-state index contributed by atoms with van der Waals surface area (Å²) in [5.74, 6) is 0.0911. The Kier molecular flexibility index (Phi) is 6.56. The van der Waals surface area contributed by atoms with Crippen LogP contribution in [0.1, 0.15) is 44.6 Å². The lowest BCUT2D eigenvalue weighted by Gasteiger charge is -2.09. The zero-order chi connectivity index (χ0) is 12.7. The van der Waals surface area contributed by atoms with Gasteiger partial charge >= 0.3 is 0 Å². The molecular formula is C14H20BrFO. The highest BCUT2D eigenvalue weighted by Gasteiger charge is 2.11. The molecule has 1 aromatic rings. The first-order valence-corrected chi connectivity index (χ1v) is 7.00. The predicted molar refractivity (Wildman–Crippen MR) is 73.1 cm³/mol. The van der Waals surface area contributed by atoms with Crippen LogP contribution in [0.3, 0.4) is 0 Å². The summed E-state index contributed by atoms with van der Waals surface area (Å²) >= 11 is 3.28. The van der Waals surface area contributed by atoms with Crippen LogP contribution in [0.2, 0.25) is 0 Å². The van der Waals surface area contributed by atoms with E-state index in [1.165, 1.54) is 32.8 Å². The normalized spacial score (nSPS) is 10.6. The second kappa shape index (κ2) is 7.70. The quantitative estimate of drug-likeness (QED) is 0.636. The summed E-state index contributed by atoms with van der Waals surface area (Å²) in [6, 6.07) is 3.69. The molecule has 1 rings (SSSR count). The molecule has 0 aromatic heterocycles. The maximum atomic E-state index is 14.0. The summed E-state index contributed by atoms with van der Waals surface area (Å²) in [7, 11) is 1.49. The molecule has 0 aliphatic rings. The van der Waals surface area contributed by atoms with E-state index in [0.717, 1.165) is 18.4 Å². The third-order valence-corrected chi connectivity index (χ3v) is 3.51. The van der Waals surface area contributed by atoms with Gasteiger partial charge in [0.25, 0.3) is 0 Å². The molecule has 0 radical (unpaired) electrons. The Morgan fingerprint density at radius 3 is 2.53 bits per heavy atom. The van der Waals surface area contributed by atoms with Gasteiger partial charge < -0.3 is 4.74 Å². The van der Waals surface area contributed by atoms with Gasteiger partial charge in [0.1, 0.15) is 0 Å². The molecule has 0 unspecified atom stereocenters. The van der Waals surface area contributed by atoms with Crippen LogP contribution in [0.5, 0.6) is 5.75 Å². The minimum absolute atomic E-state index is 0.225. The highest BCUT2D eigenvalue weighted by molar-refractivity contribution is 9.10. The lowest BCUT2D eigenvalue weighted by atomic mass is 10.0. The summed E-state index contributed by atoms with van der Waals surface area (Å²) in [6.45, 7) is 2.19. The average molecular weight is 303 g/mol. The van der Waals surface area contributed by atoms with Crippen molar-refractivity contribution < 1.29 is 9.13 Å². The maximum Gasteiger partial charge on any atom is 0.169 e. The predicted octanol–water partition coefficient (Wildman–Crippen LogP) is 5.11. The van der Waals surface area contributed by atoms with E-state index in [0.29, 0.717) is 10.2 Å². The van der Waals surface area contributed by atoms with E-state index in [1.54, 1.807) is 0 Å². The van der Waals surface area contributed by atoms with Gasteiger partial charge in [-0.25, -0.2) is 4.39 Å². The van der Waals surface area contributed by atoms with Crippen LogP contribution in [0.15, 0.2) is 16.6 Å². The SMILES string of the molecule is CCCCCCCc1ccc(Br)c(OC)c1F. The number of hydrogen-bond acceptors (Lipinski definition) is 1. The second-order valence-electron chi connectivity index (χ2n) is 4.22. The Hall–Kier alpha value is -0.570. The molecular weight excluding hydrogens is 283 g/mol. The average Bonchev–Trinajstić information content (AvgIpc) is 2.32. The van der Waals surface area contributed by atoms with Gasteiger partial charge in [-0.1, -0.05) is 38.7 Å². The third-order valence-electron chi connectivity index (χ3n) is 2.88. The summed E-state index contributed by atoms with van der Waals surface area (Å²) in [4.78, 5) is 0. The molecule has 17 heavy (non-hydrogen) atoms. The first-order chi connectivity index (χ1) is 8.20. The zero-order valence-electron chi connectivity index (χ0n) is 10.6. The van der Waals surface area contributed by atoms with E-state index < -0.39 is 0 Å². The molecule has 0 heterocycles.